The smallest absolute Gasteiger partial charge is 0.261 e. The Morgan fingerprint density at radius 3 is 2.75 bits per heavy atom. The van der Waals surface area contributed by atoms with E-state index in [4.69, 9.17) is 0 Å². The molecule has 1 unspecified atom stereocenters. The number of pyridine rings is 1. The first-order valence-electron chi connectivity index (χ1n) is 7.79. The van der Waals surface area contributed by atoms with E-state index in [2.05, 4.69) is 15.3 Å². The van der Waals surface area contributed by atoms with Gasteiger partial charge in [-0.1, -0.05) is 12.1 Å². The maximum atomic E-state index is 12.5. The Bertz CT molecular complexity index is 906. The number of aromatic nitrogens is 3. The van der Waals surface area contributed by atoms with Crippen molar-refractivity contribution >= 4 is 16.8 Å². The number of benzene rings is 1. The van der Waals surface area contributed by atoms with E-state index >= 15 is 0 Å². The molecule has 3 rings (SSSR count). The summed E-state index contributed by atoms with van der Waals surface area (Å²) in [4.78, 5) is 33.0. The second kappa shape index (κ2) is 7.04. The highest BCUT2D eigenvalue weighted by molar-refractivity contribution is 5.81. The Kier molecular flexibility index (Phi) is 4.65. The zero-order valence-corrected chi connectivity index (χ0v) is 13.3. The van der Waals surface area contributed by atoms with Crippen LogP contribution in [0.2, 0.25) is 0 Å². The average molecular weight is 322 g/mol. The van der Waals surface area contributed by atoms with Crippen LogP contribution in [0.5, 0.6) is 0 Å². The van der Waals surface area contributed by atoms with E-state index < -0.39 is 6.04 Å². The maximum Gasteiger partial charge on any atom is 0.261 e. The van der Waals surface area contributed by atoms with Gasteiger partial charge in [0.25, 0.3) is 5.56 Å². The van der Waals surface area contributed by atoms with Gasteiger partial charge >= 0.3 is 0 Å². The van der Waals surface area contributed by atoms with Crippen LogP contribution in [0.25, 0.3) is 10.9 Å². The third-order valence-electron chi connectivity index (χ3n) is 3.95. The van der Waals surface area contributed by atoms with Crippen LogP contribution in [0.1, 0.15) is 18.5 Å². The summed E-state index contributed by atoms with van der Waals surface area (Å²) >= 11 is 0. The molecule has 3 aromatic rings. The molecule has 0 bridgehead atoms. The number of amides is 1. The van der Waals surface area contributed by atoms with Crippen molar-refractivity contribution < 1.29 is 4.79 Å². The number of nitrogens with one attached hydrogen (secondary N) is 1. The second-order valence-corrected chi connectivity index (χ2v) is 5.55. The van der Waals surface area contributed by atoms with Gasteiger partial charge in [0.15, 0.2) is 0 Å². The summed E-state index contributed by atoms with van der Waals surface area (Å²) in [5.74, 6) is -0.205. The zero-order valence-electron chi connectivity index (χ0n) is 13.3. The summed E-state index contributed by atoms with van der Waals surface area (Å²) in [6.45, 7) is 2.20. The van der Waals surface area contributed by atoms with Gasteiger partial charge in [0, 0.05) is 18.9 Å². The molecule has 1 N–H and O–H groups in total. The zero-order chi connectivity index (χ0) is 16.9. The molecule has 0 fully saturated rings. The van der Waals surface area contributed by atoms with E-state index in [1.54, 1.807) is 37.5 Å². The summed E-state index contributed by atoms with van der Waals surface area (Å²) in [5.41, 5.74) is 1.52. The Morgan fingerprint density at radius 2 is 1.96 bits per heavy atom. The summed E-state index contributed by atoms with van der Waals surface area (Å²) < 4.78 is 1.37. The lowest BCUT2D eigenvalue weighted by Gasteiger charge is -2.15. The highest BCUT2D eigenvalue weighted by atomic mass is 16.2. The van der Waals surface area contributed by atoms with Crippen LogP contribution >= 0.6 is 0 Å². The number of fused-ring (bicyclic) bond motifs is 1. The Balaban J connectivity index is 1.69. The van der Waals surface area contributed by atoms with Crippen molar-refractivity contribution in [2.24, 2.45) is 0 Å². The molecule has 1 amide bonds. The number of para-hydroxylation sites is 1. The third-order valence-corrected chi connectivity index (χ3v) is 3.95. The molecule has 0 spiro atoms. The average Bonchev–Trinajstić information content (AvgIpc) is 2.62. The lowest BCUT2D eigenvalue weighted by Crippen LogP contribution is -2.36. The first-order chi connectivity index (χ1) is 11.7. The van der Waals surface area contributed by atoms with E-state index in [-0.39, 0.29) is 11.5 Å². The normalized spacial score (nSPS) is 12.0. The fraction of sp³-hybridized carbons (Fsp3) is 0.222. The summed E-state index contributed by atoms with van der Waals surface area (Å²) in [6, 6.07) is 10.3. The van der Waals surface area contributed by atoms with Gasteiger partial charge < -0.3 is 5.32 Å². The van der Waals surface area contributed by atoms with Gasteiger partial charge in [0.2, 0.25) is 5.91 Å². The Hall–Kier alpha value is -3.02. The molecule has 2 heterocycles. The minimum absolute atomic E-state index is 0.205. The van der Waals surface area contributed by atoms with Crippen molar-refractivity contribution in [1.29, 1.82) is 0 Å². The molecular formula is C18H18N4O2. The molecule has 24 heavy (non-hydrogen) atoms. The maximum absolute atomic E-state index is 12.5. The third kappa shape index (κ3) is 3.32. The number of hydrogen-bond acceptors (Lipinski definition) is 4. The predicted octanol–water partition coefficient (Wildman–Crippen LogP) is 1.71. The van der Waals surface area contributed by atoms with E-state index in [1.165, 1.54) is 10.9 Å². The van der Waals surface area contributed by atoms with Gasteiger partial charge in [-0.25, -0.2) is 4.98 Å². The van der Waals surface area contributed by atoms with Crippen LogP contribution in [0.4, 0.5) is 0 Å². The number of nitrogens with zero attached hydrogens (tertiary/aromatic N) is 3. The van der Waals surface area contributed by atoms with Gasteiger partial charge in [-0.15, -0.1) is 0 Å². The van der Waals surface area contributed by atoms with Gasteiger partial charge in [0.05, 0.1) is 17.2 Å². The van der Waals surface area contributed by atoms with E-state index in [0.717, 1.165) is 5.56 Å². The van der Waals surface area contributed by atoms with Crippen molar-refractivity contribution in [1.82, 2.24) is 19.9 Å². The fourth-order valence-corrected chi connectivity index (χ4v) is 2.51. The number of carbonyl (C=O) groups is 1. The molecular weight excluding hydrogens is 304 g/mol. The van der Waals surface area contributed by atoms with E-state index in [9.17, 15) is 9.59 Å². The number of hydrogen-bond donors (Lipinski definition) is 1. The Labute approximate surface area is 139 Å². The quantitative estimate of drug-likeness (QED) is 0.776. The first kappa shape index (κ1) is 15.9. The summed E-state index contributed by atoms with van der Waals surface area (Å²) in [6.07, 6.45) is 5.59. The lowest BCUT2D eigenvalue weighted by molar-refractivity contribution is -0.123. The van der Waals surface area contributed by atoms with Crippen molar-refractivity contribution in [2.75, 3.05) is 6.54 Å². The van der Waals surface area contributed by atoms with Gasteiger partial charge in [-0.3, -0.25) is 19.1 Å². The molecule has 0 aliphatic rings. The molecule has 0 aliphatic carbocycles. The lowest BCUT2D eigenvalue weighted by atomic mass is 10.2. The Morgan fingerprint density at radius 1 is 1.21 bits per heavy atom. The monoisotopic (exact) mass is 322 g/mol. The molecule has 122 valence electrons. The molecule has 0 aliphatic heterocycles. The molecule has 6 heteroatoms. The van der Waals surface area contributed by atoms with Crippen molar-refractivity contribution in [3.05, 3.63) is 71.0 Å². The van der Waals surface area contributed by atoms with Crippen molar-refractivity contribution in [3.63, 3.8) is 0 Å². The number of carbonyl (C=O) groups excluding carboxylic acids is 1. The molecule has 0 saturated heterocycles. The SMILES string of the molecule is CC(C(=O)NCCc1ccncc1)n1cnc2ccccc2c1=O. The fourth-order valence-electron chi connectivity index (χ4n) is 2.51. The van der Waals surface area contributed by atoms with Crippen LogP contribution in [-0.2, 0) is 11.2 Å². The molecule has 0 radical (unpaired) electrons. The highest BCUT2D eigenvalue weighted by Crippen LogP contribution is 2.08. The highest BCUT2D eigenvalue weighted by Gasteiger charge is 2.17. The number of rotatable bonds is 5. The second-order valence-electron chi connectivity index (χ2n) is 5.55. The largest absolute Gasteiger partial charge is 0.354 e. The first-order valence-corrected chi connectivity index (χ1v) is 7.79. The van der Waals surface area contributed by atoms with Gasteiger partial charge in [0.1, 0.15) is 6.04 Å². The van der Waals surface area contributed by atoms with Crippen LogP contribution < -0.4 is 10.9 Å². The summed E-state index contributed by atoms with van der Waals surface area (Å²) in [7, 11) is 0. The van der Waals surface area contributed by atoms with Gasteiger partial charge in [-0.2, -0.15) is 0 Å². The molecule has 6 nitrogen and oxygen atoms in total. The molecule has 1 atom stereocenters. The standard InChI is InChI=1S/C18H18N4O2/c1-13(17(23)20-11-8-14-6-9-19-10-7-14)22-12-21-16-5-3-2-4-15(16)18(22)24/h2-7,9-10,12-13H,8,11H2,1H3,(H,20,23). The van der Waals surface area contributed by atoms with Crippen LogP contribution in [0.15, 0.2) is 59.9 Å². The van der Waals surface area contributed by atoms with Crippen LogP contribution in [-0.4, -0.2) is 27.0 Å². The molecule has 0 saturated carbocycles. The summed E-state index contributed by atoms with van der Waals surface area (Å²) in [5, 5.41) is 3.37. The molecule has 2 aromatic heterocycles. The minimum atomic E-state index is -0.618. The molecule has 1 aromatic carbocycles. The van der Waals surface area contributed by atoms with Gasteiger partial charge in [-0.05, 0) is 43.2 Å². The van der Waals surface area contributed by atoms with Crippen LogP contribution in [0.3, 0.4) is 0 Å². The van der Waals surface area contributed by atoms with E-state index in [1.807, 2.05) is 18.2 Å². The van der Waals surface area contributed by atoms with E-state index in [0.29, 0.717) is 23.9 Å². The predicted molar refractivity (Wildman–Crippen MR) is 91.7 cm³/mol. The minimum Gasteiger partial charge on any atom is -0.354 e. The topological polar surface area (TPSA) is 76.9 Å². The van der Waals surface area contributed by atoms with Crippen molar-refractivity contribution in [3.8, 4) is 0 Å². The van der Waals surface area contributed by atoms with Crippen LogP contribution in [0, 0.1) is 0 Å². The van der Waals surface area contributed by atoms with Crippen molar-refractivity contribution in [2.45, 2.75) is 19.4 Å².